The van der Waals surface area contributed by atoms with Gasteiger partial charge in [0, 0.05) is 24.9 Å². The van der Waals surface area contributed by atoms with Crippen LogP contribution in [0.3, 0.4) is 0 Å². The summed E-state index contributed by atoms with van der Waals surface area (Å²) in [4.78, 5) is 16.8. The molecule has 140 valence electrons. The molecule has 0 bridgehead atoms. The molecule has 10 heteroatoms. The second kappa shape index (κ2) is 8.02. The van der Waals surface area contributed by atoms with Crippen LogP contribution in [-0.4, -0.2) is 40.1 Å². The van der Waals surface area contributed by atoms with E-state index in [1.807, 2.05) is 31.4 Å². The number of anilines is 2. The summed E-state index contributed by atoms with van der Waals surface area (Å²) in [5.74, 6) is -0.00810. The summed E-state index contributed by atoms with van der Waals surface area (Å²) in [6.07, 6.45) is 1.84. The van der Waals surface area contributed by atoms with Crippen molar-refractivity contribution >= 4 is 28.9 Å². The molecule has 0 atom stereocenters. The Hall–Kier alpha value is -3.17. The average Bonchev–Trinajstić information content (AvgIpc) is 3.08. The standard InChI is InChI=1S/C17H17ClN6O3/c1-24-8-7-11(22-24)10-5-4-6-12(16(10)26-2)19-13-9-14(18)20-21-15(13)17(25)23-27-3/h4-9H,1-3H3,(H,19,20)(H,23,25). The van der Waals surface area contributed by atoms with E-state index in [1.165, 1.54) is 13.2 Å². The number of ether oxygens (including phenoxy) is 1. The molecule has 2 heterocycles. The van der Waals surface area contributed by atoms with Crippen molar-refractivity contribution in [2.75, 3.05) is 19.5 Å². The number of hydrogen-bond acceptors (Lipinski definition) is 7. The summed E-state index contributed by atoms with van der Waals surface area (Å²) in [5.41, 5.74) is 4.73. The van der Waals surface area contributed by atoms with E-state index in [0.29, 0.717) is 17.1 Å². The first kappa shape index (κ1) is 18.6. The number of methoxy groups -OCH3 is 1. The van der Waals surface area contributed by atoms with Crippen LogP contribution in [0.25, 0.3) is 11.3 Å². The summed E-state index contributed by atoms with van der Waals surface area (Å²) in [6, 6.07) is 8.91. The maximum absolute atomic E-state index is 12.1. The van der Waals surface area contributed by atoms with Crippen LogP contribution >= 0.6 is 11.6 Å². The SMILES string of the molecule is CONC(=O)c1nnc(Cl)cc1Nc1cccc(-c2ccn(C)n2)c1OC. The molecule has 0 fully saturated rings. The van der Waals surface area contributed by atoms with Crippen molar-refractivity contribution in [3.05, 3.63) is 47.4 Å². The van der Waals surface area contributed by atoms with Crippen LogP contribution in [-0.2, 0) is 11.9 Å². The number of para-hydroxylation sites is 1. The molecule has 0 spiro atoms. The summed E-state index contributed by atoms with van der Waals surface area (Å²) >= 11 is 5.95. The fourth-order valence-electron chi connectivity index (χ4n) is 2.53. The van der Waals surface area contributed by atoms with Crippen molar-refractivity contribution in [3.8, 4) is 17.0 Å². The predicted molar refractivity (Wildman–Crippen MR) is 100.0 cm³/mol. The van der Waals surface area contributed by atoms with E-state index in [4.69, 9.17) is 16.3 Å². The Balaban J connectivity index is 2.04. The van der Waals surface area contributed by atoms with Gasteiger partial charge in [0.1, 0.15) is 0 Å². The number of halogens is 1. The van der Waals surface area contributed by atoms with E-state index in [2.05, 4.69) is 30.9 Å². The van der Waals surface area contributed by atoms with Gasteiger partial charge in [0.25, 0.3) is 5.91 Å². The Kier molecular flexibility index (Phi) is 5.53. The molecule has 0 saturated heterocycles. The second-order valence-electron chi connectivity index (χ2n) is 5.45. The number of nitrogens with zero attached hydrogens (tertiary/aromatic N) is 4. The molecule has 1 aromatic carbocycles. The van der Waals surface area contributed by atoms with Crippen molar-refractivity contribution in [1.29, 1.82) is 0 Å². The Morgan fingerprint density at radius 3 is 2.67 bits per heavy atom. The largest absolute Gasteiger partial charge is 0.494 e. The second-order valence-corrected chi connectivity index (χ2v) is 5.84. The Morgan fingerprint density at radius 1 is 1.19 bits per heavy atom. The number of rotatable bonds is 6. The average molecular weight is 389 g/mol. The summed E-state index contributed by atoms with van der Waals surface area (Å²) < 4.78 is 7.29. The first-order valence-corrected chi connectivity index (χ1v) is 8.22. The van der Waals surface area contributed by atoms with Gasteiger partial charge in [0.15, 0.2) is 16.6 Å². The number of hydrogen-bond donors (Lipinski definition) is 2. The molecule has 27 heavy (non-hydrogen) atoms. The molecule has 2 aromatic heterocycles. The first-order chi connectivity index (χ1) is 13.0. The number of carbonyl (C=O) groups is 1. The fourth-order valence-corrected chi connectivity index (χ4v) is 2.68. The molecule has 2 N–H and O–H groups in total. The molecule has 0 aliphatic carbocycles. The highest BCUT2D eigenvalue weighted by molar-refractivity contribution is 6.29. The third-order valence-electron chi connectivity index (χ3n) is 3.65. The molecule has 9 nitrogen and oxygen atoms in total. The number of amides is 1. The molecule has 3 rings (SSSR count). The van der Waals surface area contributed by atoms with Crippen LogP contribution in [0, 0.1) is 0 Å². The highest BCUT2D eigenvalue weighted by Crippen LogP contribution is 2.37. The van der Waals surface area contributed by atoms with E-state index in [0.717, 1.165) is 11.3 Å². The third-order valence-corrected chi connectivity index (χ3v) is 3.84. The lowest BCUT2D eigenvalue weighted by atomic mass is 10.1. The van der Waals surface area contributed by atoms with Crippen LogP contribution in [0.2, 0.25) is 5.15 Å². The molecular formula is C17H17ClN6O3. The van der Waals surface area contributed by atoms with Gasteiger partial charge in [-0.2, -0.15) is 5.10 Å². The van der Waals surface area contributed by atoms with Crippen molar-refractivity contribution < 1.29 is 14.4 Å². The number of hydroxylamine groups is 1. The van der Waals surface area contributed by atoms with Crippen molar-refractivity contribution in [3.63, 3.8) is 0 Å². The highest BCUT2D eigenvalue weighted by Gasteiger charge is 2.18. The first-order valence-electron chi connectivity index (χ1n) is 7.84. The van der Waals surface area contributed by atoms with Crippen LogP contribution in [0.15, 0.2) is 36.5 Å². The predicted octanol–water partition coefficient (Wildman–Crippen LogP) is 2.57. The van der Waals surface area contributed by atoms with Crippen LogP contribution < -0.4 is 15.5 Å². The monoisotopic (exact) mass is 388 g/mol. The minimum atomic E-state index is -0.566. The topological polar surface area (TPSA) is 103 Å². The molecule has 0 aliphatic heterocycles. The zero-order chi connectivity index (χ0) is 19.4. The van der Waals surface area contributed by atoms with Gasteiger partial charge in [0.05, 0.1) is 31.3 Å². The van der Waals surface area contributed by atoms with E-state index in [9.17, 15) is 4.79 Å². The smallest absolute Gasteiger partial charge is 0.297 e. The van der Waals surface area contributed by atoms with Gasteiger partial charge in [-0.1, -0.05) is 17.7 Å². The normalized spacial score (nSPS) is 10.5. The van der Waals surface area contributed by atoms with E-state index in [-0.39, 0.29) is 10.8 Å². The Morgan fingerprint density at radius 2 is 2.00 bits per heavy atom. The molecule has 0 aliphatic rings. The molecule has 1 amide bonds. The van der Waals surface area contributed by atoms with Gasteiger partial charge in [-0.3, -0.25) is 14.3 Å². The van der Waals surface area contributed by atoms with E-state index < -0.39 is 5.91 Å². The zero-order valence-corrected chi connectivity index (χ0v) is 15.6. The van der Waals surface area contributed by atoms with E-state index >= 15 is 0 Å². The lowest BCUT2D eigenvalue weighted by Crippen LogP contribution is -2.24. The fraction of sp³-hybridized carbons (Fsp3) is 0.176. The lowest BCUT2D eigenvalue weighted by Gasteiger charge is -2.15. The van der Waals surface area contributed by atoms with Crippen LogP contribution in [0.4, 0.5) is 11.4 Å². The minimum Gasteiger partial charge on any atom is -0.494 e. The van der Waals surface area contributed by atoms with Gasteiger partial charge in [0.2, 0.25) is 0 Å². The number of benzene rings is 1. The van der Waals surface area contributed by atoms with Crippen LogP contribution in [0.1, 0.15) is 10.5 Å². The number of carbonyl (C=O) groups excluding carboxylic acids is 1. The van der Waals surface area contributed by atoms with Crippen molar-refractivity contribution in [1.82, 2.24) is 25.5 Å². The van der Waals surface area contributed by atoms with Crippen molar-refractivity contribution in [2.24, 2.45) is 7.05 Å². The number of nitrogens with one attached hydrogen (secondary N) is 2. The molecule has 0 saturated carbocycles. The Labute approximate surface area is 160 Å². The third kappa shape index (κ3) is 3.99. The molecule has 3 aromatic rings. The maximum atomic E-state index is 12.1. The lowest BCUT2D eigenvalue weighted by molar-refractivity contribution is 0.0532. The molecular weight excluding hydrogens is 372 g/mol. The Bertz CT molecular complexity index is 975. The summed E-state index contributed by atoms with van der Waals surface area (Å²) in [5, 5.41) is 15.2. The quantitative estimate of drug-likeness (QED) is 0.625. The number of aryl methyl sites for hydroxylation is 1. The van der Waals surface area contributed by atoms with E-state index in [1.54, 1.807) is 17.9 Å². The minimum absolute atomic E-state index is 0.0199. The molecule has 0 unspecified atom stereocenters. The summed E-state index contributed by atoms with van der Waals surface area (Å²) in [7, 11) is 4.72. The van der Waals surface area contributed by atoms with Gasteiger partial charge in [-0.25, -0.2) is 5.48 Å². The van der Waals surface area contributed by atoms with Gasteiger partial charge >= 0.3 is 0 Å². The maximum Gasteiger partial charge on any atom is 0.297 e. The van der Waals surface area contributed by atoms with Crippen LogP contribution in [0.5, 0.6) is 5.75 Å². The highest BCUT2D eigenvalue weighted by atomic mass is 35.5. The number of aromatic nitrogens is 4. The molecule has 0 radical (unpaired) electrons. The van der Waals surface area contributed by atoms with Crippen molar-refractivity contribution in [2.45, 2.75) is 0 Å². The van der Waals surface area contributed by atoms with Gasteiger partial charge < -0.3 is 10.1 Å². The zero-order valence-electron chi connectivity index (χ0n) is 14.9. The van der Waals surface area contributed by atoms with Gasteiger partial charge in [-0.15, -0.1) is 10.2 Å². The van der Waals surface area contributed by atoms with Gasteiger partial charge in [-0.05, 0) is 18.2 Å². The summed E-state index contributed by atoms with van der Waals surface area (Å²) in [6.45, 7) is 0.